The van der Waals surface area contributed by atoms with Crippen LogP contribution in [0.3, 0.4) is 0 Å². The molecule has 0 amide bonds. The Balaban J connectivity index is 2.11. The molecule has 36 heavy (non-hydrogen) atoms. The number of allylic oxidation sites excluding steroid dienone is 1. The molecule has 208 valence electrons. The highest BCUT2D eigenvalue weighted by molar-refractivity contribution is 5.89. The van der Waals surface area contributed by atoms with Crippen LogP contribution in [0.4, 0.5) is 0 Å². The summed E-state index contributed by atoms with van der Waals surface area (Å²) in [5, 5.41) is 9.27. The minimum atomic E-state index is -0.952. The highest BCUT2D eigenvalue weighted by Crippen LogP contribution is 2.34. The van der Waals surface area contributed by atoms with E-state index in [1.165, 1.54) is 96.3 Å². The molecule has 0 bridgehead atoms. The van der Waals surface area contributed by atoms with Crippen LogP contribution < -0.4 is 0 Å². The summed E-state index contributed by atoms with van der Waals surface area (Å²) in [6.07, 6.45) is 30.7. The minimum Gasteiger partial charge on any atom is -0.478 e. The Labute approximate surface area is 222 Å². The van der Waals surface area contributed by atoms with Crippen LogP contribution in [0.15, 0.2) is 23.3 Å². The van der Waals surface area contributed by atoms with Gasteiger partial charge >= 0.3 is 11.9 Å². The predicted octanol–water partition coefficient (Wildman–Crippen LogP) is 9.86. The molecule has 1 rings (SSSR count). The number of ether oxygens (including phenoxy) is 1. The molecule has 0 spiro atoms. The molecule has 0 atom stereocenters. The van der Waals surface area contributed by atoms with Crippen molar-refractivity contribution >= 4 is 11.9 Å². The number of esters is 1. The molecule has 1 aliphatic rings. The Morgan fingerprint density at radius 2 is 1.14 bits per heavy atom. The molecule has 0 aromatic carbocycles. The molecule has 4 nitrogen and oxygen atoms in total. The third kappa shape index (κ3) is 15.5. The number of hydrogen-bond acceptors (Lipinski definition) is 3. The third-order valence-electron chi connectivity index (χ3n) is 7.64. The number of unbranched alkanes of at least 4 members (excludes halogenated alkanes) is 16. The van der Waals surface area contributed by atoms with Gasteiger partial charge < -0.3 is 9.84 Å². The summed E-state index contributed by atoms with van der Waals surface area (Å²) in [4.78, 5) is 24.0. The quantitative estimate of drug-likeness (QED) is 0.0959. The van der Waals surface area contributed by atoms with Gasteiger partial charge in [0, 0.05) is 11.1 Å². The summed E-state index contributed by atoms with van der Waals surface area (Å²) in [6, 6.07) is 0. The van der Waals surface area contributed by atoms with Gasteiger partial charge in [0.15, 0.2) is 0 Å². The Morgan fingerprint density at radius 1 is 0.694 bits per heavy atom. The van der Waals surface area contributed by atoms with Gasteiger partial charge in [-0.2, -0.15) is 0 Å². The number of hydrogen-bond donors (Lipinski definition) is 1. The molecular weight excluding hydrogens is 448 g/mol. The molecule has 0 unspecified atom stereocenters. The zero-order chi connectivity index (χ0) is 26.5. The second kappa shape index (κ2) is 20.5. The number of aliphatic carboxylic acids is 1. The fourth-order valence-electron chi connectivity index (χ4n) is 5.24. The smallest absolute Gasteiger partial charge is 0.334 e. The maximum absolute atomic E-state index is 12.7. The summed E-state index contributed by atoms with van der Waals surface area (Å²) in [5.41, 5.74) is 0.128. The summed E-state index contributed by atoms with van der Waals surface area (Å²) >= 11 is 0. The minimum absolute atomic E-state index is 0.250. The van der Waals surface area contributed by atoms with E-state index in [4.69, 9.17) is 4.74 Å². The zero-order valence-corrected chi connectivity index (χ0v) is 23.9. The average Bonchev–Trinajstić information content (AvgIpc) is 2.86. The topological polar surface area (TPSA) is 63.6 Å². The summed E-state index contributed by atoms with van der Waals surface area (Å²) in [7, 11) is 0. The van der Waals surface area contributed by atoms with Crippen LogP contribution in [0.2, 0.25) is 0 Å². The number of rotatable bonds is 21. The maximum Gasteiger partial charge on any atom is 0.334 e. The molecule has 1 fully saturated rings. The van der Waals surface area contributed by atoms with Crippen LogP contribution in [0.1, 0.15) is 162 Å². The van der Waals surface area contributed by atoms with Gasteiger partial charge in [-0.3, -0.25) is 0 Å². The van der Waals surface area contributed by atoms with Crippen molar-refractivity contribution in [2.24, 2.45) is 0 Å². The number of carbonyl (C=O) groups excluding carboxylic acids is 1. The Bertz CT molecular complexity index is 655. The molecule has 0 saturated heterocycles. The van der Waals surface area contributed by atoms with Crippen molar-refractivity contribution in [3.05, 3.63) is 23.3 Å². The van der Waals surface area contributed by atoms with E-state index in [1.54, 1.807) is 13.0 Å². The molecule has 0 heterocycles. The number of carbonyl (C=O) groups is 2. The lowest BCUT2D eigenvalue weighted by Gasteiger charge is -2.34. The van der Waals surface area contributed by atoms with Crippen LogP contribution in [0.5, 0.6) is 0 Å². The van der Waals surface area contributed by atoms with Crippen molar-refractivity contribution in [3.8, 4) is 0 Å². The van der Waals surface area contributed by atoms with Gasteiger partial charge in [0.05, 0.1) is 0 Å². The lowest BCUT2D eigenvalue weighted by molar-refractivity contribution is -0.153. The first-order valence-electron chi connectivity index (χ1n) is 15.2. The monoisotopic (exact) mass is 504 g/mol. The van der Waals surface area contributed by atoms with E-state index in [0.29, 0.717) is 18.4 Å². The third-order valence-corrected chi connectivity index (χ3v) is 7.64. The molecule has 0 aliphatic heterocycles. The molecular formula is C32H56O4. The van der Waals surface area contributed by atoms with Gasteiger partial charge in [0.1, 0.15) is 5.60 Å². The molecule has 1 N–H and O–H groups in total. The van der Waals surface area contributed by atoms with E-state index in [1.807, 2.05) is 13.0 Å². The van der Waals surface area contributed by atoms with Crippen LogP contribution in [-0.2, 0) is 14.3 Å². The molecule has 0 aromatic rings. The van der Waals surface area contributed by atoms with Crippen LogP contribution in [0.25, 0.3) is 0 Å². The average molecular weight is 505 g/mol. The van der Waals surface area contributed by atoms with E-state index in [-0.39, 0.29) is 11.5 Å². The molecule has 1 aliphatic carbocycles. The first-order chi connectivity index (χ1) is 17.4. The molecule has 0 aromatic heterocycles. The zero-order valence-electron chi connectivity index (χ0n) is 23.9. The van der Waals surface area contributed by atoms with Gasteiger partial charge in [-0.05, 0) is 58.4 Å². The summed E-state index contributed by atoms with van der Waals surface area (Å²) in [5.74, 6) is -1.26. The van der Waals surface area contributed by atoms with Gasteiger partial charge in [-0.15, -0.1) is 0 Å². The first kappa shape index (κ1) is 32.4. The van der Waals surface area contributed by atoms with Crippen molar-refractivity contribution in [3.63, 3.8) is 0 Å². The Kier molecular flexibility index (Phi) is 18.5. The number of carboxylic acid groups (broad SMARTS) is 1. The van der Waals surface area contributed by atoms with E-state index in [9.17, 15) is 14.7 Å². The van der Waals surface area contributed by atoms with Crippen LogP contribution in [0, 0.1) is 0 Å². The highest BCUT2D eigenvalue weighted by atomic mass is 16.6. The van der Waals surface area contributed by atoms with Gasteiger partial charge in [0.25, 0.3) is 0 Å². The summed E-state index contributed by atoms with van der Waals surface area (Å²) < 4.78 is 5.90. The standard InChI is InChI=1S/C32H56O4/c1-4-5-6-7-8-9-10-11-12-13-14-15-16-17-18-19-21-24-28(2)31(35)36-32(25-22-20-23-26-32)27-29(3)30(33)34/h24,27H,4-23,25-26H2,1-3H3,(H,33,34). The van der Waals surface area contributed by atoms with E-state index in [2.05, 4.69) is 6.92 Å². The van der Waals surface area contributed by atoms with Crippen molar-refractivity contribution in [2.45, 2.75) is 168 Å². The van der Waals surface area contributed by atoms with Crippen molar-refractivity contribution in [1.82, 2.24) is 0 Å². The molecule has 4 heteroatoms. The Hall–Kier alpha value is -1.58. The first-order valence-corrected chi connectivity index (χ1v) is 15.2. The highest BCUT2D eigenvalue weighted by Gasteiger charge is 2.35. The second-order valence-corrected chi connectivity index (χ2v) is 11.1. The lowest BCUT2D eigenvalue weighted by Crippen LogP contribution is -2.36. The van der Waals surface area contributed by atoms with E-state index >= 15 is 0 Å². The van der Waals surface area contributed by atoms with Gasteiger partial charge in [-0.25, -0.2) is 9.59 Å². The Morgan fingerprint density at radius 3 is 1.58 bits per heavy atom. The predicted molar refractivity (Wildman–Crippen MR) is 151 cm³/mol. The van der Waals surface area contributed by atoms with Gasteiger partial charge in [-0.1, -0.05) is 116 Å². The largest absolute Gasteiger partial charge is 0.478 e. The summed E-state index contributed by atoms with van der Waals surface area (Å²) in [6.45, 7) is 5.67. The molecule has 0 radical (unpaired) electrons. The van der Waals surface area contributed by atoms with E-state index in [0.717, 1.165) is 32.1 Å². The van der Waals surface area contributed by atoms with E-state index < -0.39 is 11.6 Å². The molecule has 1 saturated carbocycles. The van der Waals surface area contributed by atoms with Crippen molar-refractivity contribution in [2.75, 3.05) is 0 Å². The SMILES string of the molecule is CCCCCCCCCCCCCCCCCCC=C(C)C(=O)OC1(C=C(C)C(=O)O)CCCCC1. The normalized spacial score (nSPS) is 16.2. The maximum atomic E-state index is 12.7. The van der Waals surface area contributed by atoms with Crippen molar-refractivity contribution < 1.29 is 19.4 Å². The van der Waals surface area contributed by atoms with Crippen LogP contribution in [-0.4, -0.2) is 22.6 Å². The van der Waals surface area contributed by atoms with Crippen LogP contribution >= 0.6 is 0 Å². The second-order valence-electron chi connectivity index (χ2n) is 11.1. The fourth-order valence-corrected chi connectivity index (χ4v) is 5.24. The fraction of sp³-hybridized carbons (Fsp3) is 0.812. The van der Waals surface area contributed by atoms with Crippen molar-refractivity contribution in [1.29, 1.82) is 0 Å². The van der Waals surface area contributed by atoms with Gasteiger partial charge in [0.2, 0.25) is 0 Å². The lowest BCUT2D eigenvalue weighted by atomic mass is 9.83. The number of carboxylic acids is 1.